The number of carboxylic acids is 1. The molecule has 0 saturated carbocycles. The van der Waals surface area contributed by atoms with Gasteiger partial charge in [0, 0.05) is 11.1 Å². The van der Waals surface area contributed by atoms with Crippen molar-refractivity contribution >= 4 is 5.97 Å². The predicted molar refractivity (Wildman–Crippen MR) is 64.8 cm³/mol. The summed E-state index contributed by atoms with van der Waals surface area (Å²) in [5.41, 5.74) is 0.0784. The van der Waals surface area contributed by atoms with Crippen molar-refractivity contribution in [3.63, 3.8) is 0 Å². The first-order valence-electron chi connectivity index (χ1n) is 5.46. The van der Waals surface area contributed by atoms with Crippen molar-refractivity contribution in [1.82, 2.24) is 0 Å². The summed E-state index contributed by atoms with van der Waals surface area (Å²) >= 11 is 0. The Hall–Kier alpha value is -2.43. The molecule has 0 aromatic heterocycles. The normalized spacial score (nSPS) is 10.4. The molecule has 0 spiro atoms. The molecule has 0 bridgehead atoms. The van der Waals surface area contributed by atoms with Crippen molar-refractivity contribution in [1.29, 1.82) is 0 Å². The zero-order valence-electron chi connectivity index (χ0n) is 9.73. The van der Waals surface area contributed by atoms with Crippen LogP contribution in [0.3, 0.4) is 0 Å². The molecule has 0 atom stereocenters. The molecular weight excluding hydrogens is 254 g/mol. The Labute approximate surface area is 107 Å². The molecule has 3 nitrogen and oxygen atoms in total. The van der Waals surface area contributed by atoms with Crippen LogP contribution in [0.25, 0.3) is 11.1 Å². The Morgan fingerprint density at radius 3 is 2.47 bits per heavy atom. The van der Waals surface area contributed by atoms with E-state index in [2.05, 4.69) is 0 Å². The Morgan fingerprint density at radius 1 is 1.11 bits per heavy atom. The minimum atomic E-state index is -1.23. The molecule has 2 aromatic carbocycles. The summed E-state index contributed by atoms with van der Waals surface area (Å²) in [5, 5.41) is 17.9. The second-order valence-electron chi connectivity index (χ2n) is 4.04. The molecular formula is C14H10F2O3. The van der Waals surface area contributed by atoms with Gasteiger partial charge in [0.2, 0.25) is 0 Å². The third kappa shape index (κ3) is 2.88. The van der Waals surface area contributed by atoms with E-state index in [-0.39, 0.29) is 16.9 Å². The Balaban J connectivity index is 2.49. The highest BCUT2D eigenvalue weighted by atomic mass is 19.1. The molecule has 0 aliphatic heterocycles. The van der Waals surface area contributed by atoms with Gasteiger partial charge in [-0.25, -0.2) is 8.78 Å². The van der Waals surface area contributed by atoms with Crippen LogP contribution in [0.5, 0.6) is 5.75 Å². The quantitative estimate of drug-likeness (QED) is 0.896. The molecule has 0 amide bonds. The molecule has 19 heavy (non-hydrogen) atoms. The molecule has 0 heterocycles. The zero-order valence-corrected chi connectivity index (χ0v) is 9.73. The maximum Gasteiger partial charge on any atom is 0.307 e. The van der Waals surface area contributed by atoms with Gasteiger partial charge >= 0.3 is 5.97 Å². The Bertz CT molecular complexity index is 639. The summed E-state index contributed by atoms with van der Waals surface area (Å²) in [6.45, 7) is 0. The highest BCUT2D eigenvalue weighted by molar-refractivity contribution is 5.72. The van der Waals surface area contributed by atoms with Crippen LogP contribution < -0.4 is 0 Å². The van der Waals surface area contributed by atoms with E-state index in [0.717, 1.165) is 12.1 Å². The molecule has 0 fully saturated rings. The average Bonchev–Trinajstić information content (AvgIpc) is 2.32. The van der Waals surface area contributed by atoms with E-state index in [1.54, 1.807) is 0 Å². The van der Waals surface area contributed by atoms with Crippen LogP contribution in [0.1, 0.15) is 5.56 Å². The number of phenolic OH excluding ortho intramolecular Hbond substituents is 1. The average molecular weight is 264 g/mol. The first-order chi connectivity index (χ1) is 8.97. The maximum atomic E-state index is 13.9. The molecule has 98 valence electrons. The summed E-state index contributed by atoms with van der Waals surface area (Å²) in [4.78, 5) is 10.5. The van der Waals surface area contributed by atoms with E-state index in [1.807, 2.05) is 0 Å². The van der Waals surface area contributed by atoms with E-state index in [9.17, 15) is 18.7 Å². The van der Waals surface area contributed by atoms with E-state index in [1.165, 1.54) is 24.3 Å². The number of hydrogen-bond donors (Lipinski definition) is 2. The van der Waals surface area contributed by atoms with Gasteiger partial charge in [0.1, 0.15) is 17.4 Å². The van der Waals surface area contributed by atoms with Crippen LogP contribution in [-0.2, 0) is 11.2 Å². The SMILES string of the molecule is O=C(O)Cc1cc(F)c(-c2cccc(O)c2)cc1F. The first kappa shape index (κ1) is 13.0. The van der Waals surface area contributed by atoms with Gasteiger partial charge < -0.3 is 10.2 Å². The van der Waals surface area contributed by atoms with Gasteiger partial charge in [-0.2, -0.15) is 0 Å². The standard InChI is InChI=1S/C14H10F2O3/c15-12-7-11(8-2-1-3-10(17)4-8)13(16)5-9(12)6-14(18)19/h1-5,7,17H,6H2,(H,18,19). The number of hydrogen-bond acceptors (Lipinski definition) is 2. The molecule has 2 N–H and O–H groups in total. The second-order valence-corrected chi connectivity index (χ2v) is 4.04. The second kappa shape index (κ2) is 5.06. The van der Waals surface area contributed by atoms with Gasteiger partial charge in [-0.1, -0.05) is 12.1 Å². The number of aliphatic carboxylic acids is 1. The van der Waals surface area contributed by atoms with Crippen molar-refractivity contribution in [2.75, 3.05) is 0 Å². The van der Waals surface area contributed by atoms with E-state index >= 15 is 0 Å². The van der Waals surface area contributed by atoms with Crippen molar-refractivity contribution < 1.29 is 23.8 Å². The topological polar surface area (TPSA) is 57.5 Å². The number of halogens is 2. The van der Waals surface area contributed by atoms with Crippen LogP contribution in [0.15, 0.2) is 36.4 Å². The van der Waals surface area contributed by atoms with Gasteiger partial charge in [-0.3, -0.25) is 4.79 Å². The molecule has 2 aromatic rings. The number of carboxylic acid groups (broad SMARTS) is 1. The third-order valence-corrected chi connectivity index (χ3v) is 2.63. The fourth-order valence-corrected chi connectivity index (χ4v) is 1.78. The highest BCUT2D eigenvalue weighted by Crippen LogP contribution is 2.28. The lowest BCUT2D eigenvalue weighted by atomic mass is 10.0. The summed E-state index contributed by atoms with van der Waals surface area (Å²) in [6, 6.07) is 7.54. The predicted octanol–water partition coefficient (Wildman–Crippen LogP) is 2.96. The summed E-state index contributed by atoms with van der Waals surface area (Å²) in [5.74, 6) is -2.82. The molecule has 0 unspecified atom stereocenters. The zero-order chi connectivity index (χ0) is 14.0. The van der Waals surface area contributed by atoms with Gasteiger partial charge in [-0.05, 0) is 29.8 Å². The Morgan fingerprint density at radius 2 is 1.84 bits per heavy atom. The molecule has 0 radical (unpaired) electrons. The minimum absolute atomic E-state index is 0.0254. The number of benzene rings is 2. The molecule has 2 rings (SSSR count). The van der Waals surface area contributed by atoms with Crippen LogP contribution in [-0.4, -0.2) is 16.2 Å². The molecule has 5 heteroatoms. The van der Waals surface area contributed by atoms with E-state index in [4.69, 9.17) is 5.11 Å². The number of phenols is 1. The fraction of sp³-hybridized carbons (Fsp3) is 0.0714. The van der Waals surface area contributed by atoms with Crippen LogP contribution >= 0.6 is 0 Å². The molecule has 0 aliphatic carbocycles. The lowest BCUT2D eigenvalue weighted by Crippen LogP contribution is -2.03. The van der Waals surface area contributed by atoms with Crippen molar-refractivity contribution in [3.05, 3.63) is 53.6 Å². The van der Waals surface area contributed by atoms with Crippen LogP contribution in [0.4, 0.5) is 8.78 Å². The first-order valence-corrected chi connectivity index (χ1v) is 5.46. The lowest BCUT2D eigenvalue weighted by Gasteiger charge is -2.07. The summed E-state index contributed by atoms with van der Waals surface area (Å²) < 4.78 is 27.5. The van der Waals surface area contributed by atoms with Crippen LogP contribution in [0.2, 0.25) is 0 Å². The Kier molecular flexibility index (Phi) is 3.46. The van der Waals surface area contributed by atoms with Gasteiger partial charge in [0.05, 0.1) is 6.42 Å². The molecule has 0 aliphatic rings. The lowest BCUT2D eigenvalue weighted by molar-refractivity contribution is -0.136. The van der Waals surface area contributed by atoms with Crippen molar-refractivity contribution in [2.45, 2.75) is 6.42 Å². The number of aromatic hydroxyl groups is 1. The highest BCUT2D eigenvalue weighted by Gasteiger charge is 2.14. The van der Waals surface area contributed by atoms with Crippen molar-refractivity contribution in [2.24, 2.45) is 0 Å². The maximum absolute atomic E-state index is 13.9. The van der Waals surface area contributed by atoms with Crippen molar-refractivity contribution in [3.8, 4) is 16.9 Å². The summed E-state index contributed by atoms with van der Waals surface area (Å²) in [7, 11) is 0. The largest absolute Gasteiger partial charge is 0.508 e. The fourth-order valence-electron chi connectivity index (χ4n) is 1.78. The van der Waals surface area contributed by atoms with Gasteiger partial charge in [0.15, 0.2) is 0 Å². The number of carbonyl (C=O) groups is 1. The number of rotatable bonds is 3. The summed E-state index contributed by atoms with van der Waals surface area (Å²) in [6.07, 6.45) is -0.580. The van der Waals surface area contributed by atoms with E-state index < -0.39 is 24.0 Å². The van der Waals surface area contributed by atoms with Gasteiger partial charge in [-0.15, -0.1) is 0 Å². The van der Waals surface area contributed by atoms with Crippen LogP contribution in [0, 0.1) is 11.6 Å². The smallest absolute Gasteiger partial charge is 0.307 e. The monoisotopic (exact) mass is 264 g/mol. The molecule has 0 saturated heterocycles. The minimum Gasteiger partial charge on any atom is -0.508 e. The third-order valence-electron chi connectivity index (χ3n) is 2.63. The van der Waals surface area contributed by atoms with Gasteiger partial charge in [0.25, 0.3) is 0 Å². The van der Waals surface area contributed by atoms with E-state index in [0.29, 0.717) is 5.56 Å².